The molecule has 1 saturated heterocycles. The summed E-state index contributed by atoms with van der Waals surface area (Å²) in [5.74, 6) is 0.833. The number of piperidine rings is 1. The highest BCUT2D eigenvalue weighted by molar-refractivity contribution is 6.27. The number of hydrogen-bond donors (Lipinski definition) is 0. The fourth-order valence-corrected chi connectivity index (χ4v) is 3.26. The first-order chi connectivity index (χ1) is 8.15. The van der Waals surface area contributed by atoms with E-state index in [9.17, 15) is 4.79 Å². The molecule has 1 amide bonds. The number of likely N-dealkylation sites (tertiary alicyclic amines) is 1. The van der Waals surface area contributed by atoms with E-state index >= 15 is 0 Å². The van der Waals surface area contributed by atoms with Gasteiger partial charge < -0.3 is 4.90 Å². The van der Waals surface area contributed by atoms with E-state index in [2.05, 4.69) is 31.2 Å². The highest BCUT2D eigenvalue weighted by Crippen LogP contribution is 2.58. The third-order valence-electron chi connectivity index (χ3n) is 4.24. The maximum absolute atomic E-state index is 11.6. The van der Waals surface area contributed by atoms with Crippen molar-refractivity contribution >= 4 is 17.5 Å². The topological polar surface area (TPSA) is 20.3 Å². The molecule has 0 bridgehead atoms. The number of carbonyl (C=O) groups is 1. The summed E-state index contributed by atoms with van der Waals surface area (Å²) in [6, 6.07) is 8.74. The molecule has 2 aliphatic rings. The second kappa shape index (κ2) is 3.74. The molecule has 1 saturated carbocycles. The van der Waals surface area contributed by atoms with Gasteiger partial charge in [0, 0.05) is 18.5 Å². The van der Waals surface area contributed by atoms with Crippen molar-refractivity contribution < 1.29 is 4.79 Å². The van der Waals surface area contributed by atoms with Crippen molar-refractivity contribution in [2.45, 2.75) is 18.8 Å². The Hall–Kier alpha value is -1.02. The standard InChI is InChI=1S/C14H16ClNO/c1-10-2-4-11(5-3-10)14-6-12(14)8-16(9-14)13(17)7-15/h2-5,12H,6-9H2,1H3/t12-,14+/m0/s1. The first-order valence-corrected chi connectivity index (χ1v) is 6.60. The Morgan fingerprint density at radius 1 is 1.47 bits per heavy atom. The number of alkyl halides is 1. The van der Waals surface area contributed by atoms with Crippen LogP contribution in [0.25, 0.3) is 0 Å². The van der Waals surface area contributed by atoms with Gasteiger partial charge in [0.2, 0.25) is 5.91 Å². The van der Waals surface area contributed by atoms with Gasteiger partial charge in [-0.15, -0.1) is 11.6 Å². The van der Waals surface area contributed by atoms with Gasteiger partial charge in [-0.1, -0.05) is 29.8 Å². The van der Waals surface area contributed by atoms with Crippen LogP contribution in [-0.4, -0.2) is 29.8 Å². The predicted octanol–water partition coefficient (Wildman–Crippen LogP) is 2.33. The quantitative estimate of drug-likeness (QED) is 0.737. The summed E-state index contributed by atoms with van der Waals surface area (Å²) in [5.41, 5.74) is 2.92. The Morgan fingerprint density at radius 2 is 2.18 bits per heavy atom. The molecule has 0 spiro atoms. The fraction of sp³-hybridized carbons (Fsp3) is 0.500. The van der Waals surface area contributed by atoms with Crippen molar-refractivity contribution in [3.8, 4) is 0 Å². The number of carbonyl (C=O) groups excluding carboxylic acids is 1. The van der Waals surface area contributed by atoms with Crippen LogP contribution in [0.2, 0.25) is 0 Å². The monoisotopic (exact) mass is 249 g/mol. The smallest absolute Gasteiger partial charge is 0.237 e. The average molecular weight is 250 g/mol. The van der Waals surface area contributed by atoms with E-state index in [1.165, 1.54) is 17.5 Å². The van der Waals surface area contributed by atoms with Gasteiger partial charge in [0.1, 0.15) is 5.88 Å². The molecule has 1 aliphatic carbocycles. The molecule has 0 N–H and O–H groups in total. The van der Waals surface area contributed by atoms with E-state index in [-0.39, 0.29) is 17.2 Å². The van der Waals surface area contributed by atoms with Crippen LogP contribution in [-0.2, 0) is 10.2 Å². The second-order valence-electron chi connectivity index (χ2n) is 5.33. The number of fused-ring (bicyclic) bond motifs is 1. The molecule has 0 aromatic heterocycles. The second-order valence-corrected chi connectivity index (χ2v) is 5.60. The molecule has 3 rings (SSSR count). The zero-order valence-corrected chi connectivity index (χ0v) is 10.7. The molecule has 1 aromatic carbocycles. The van der Waals surface area contributed by atoms with Crippen LogP contribution in [0.5, 0.6) is 0 Å². The Kier molecular flexibility index (Phi) is 2.44. The molecule has 17 heavy (non-hydrogen) atoms. The summed E-state index contributed by atoms with van der Waals surface area (Å²) >= 11 is 5.62. The van der Waals surface area contributed by atoms with Crippen molar-refractivity contribution in [3.05, 3.63) is 35.4 Å². The van der Waals surface area contributed by atoms with Gasteiger partial charge >= 0.3 is 0 Å². The SMILES string of the molecule is Cc1ccc([C@]23C[C@H]2CN(C(=O)CCl)C3)cc1. The van der Waals surface area contributed by atoms with Crippen molar-refractivity contribution in [2.24, 2.45) is 5.92 Å². The van der Waals surface area contributed by atoms with Gasteiger partial charge in [-0.05, 0) is 24.8 Å². The summed E-state index contributed by atoms with van der Waals surface area (Å²) in [5, 5.41) is 0. The highest BCUT2D eigenvalue weighted by atomic mass is 35.5. The van der Waals surface area contributed by atoms with E-state index in [1.54, 1.807) is 0 Å². The number of aryl methyl sites for hydroxylation is 1. The lowest BCUT2D eigenvalue weighted by Crippen LogP contribution is -2.33. The van der Waals surface area contributed by atoms with Crippen LogP contribution >= 0.6 is 11.6 Å². The van der Waals surface area contributed by atoms with Crippen molar-refractivity contribution in [1.29, 1.82) is 0 Å². The minimum absolute atomic E-state index is 0.0744. The predicted molar refractivity (Wildman–Crippen MR) is 68.3 cm³/mol. The van der Waals surface area contributed by atoms with E-state index in [1.807, 2.05) is 4.90 Å². The molecule has 2 atom stereocenters. The number of halogens is 1. The summed E-state index contributed by atoms with van der Waals surface area (Å²) < 4.78 is 0. The number of benzene rings is 1. The Morgan fingerprint density at radius 3 is 2.82 bits per heavy atom. The molecule has 1 heterocycles. The first kappa shape index (κ1) is 11.1. The van der Waals surface area contributed by atoms with Gasteiger partial charge in [-0.3, -0.25) is 4.79 Å². The lowest BCUT2D eigenvalue weighted by atomic mass is 9.94. The van der Waals surface area contributed by atoms with Crippen molar-refractivity contribution in [1.82, 2.24) is 4.90 Å². The Labute approximate surface area is 107 Å². The third-order valence-corrected chi connectivity index (χ3v) is 4.47. The molecule has 3 heteroatoms. The molecule has 1 aliphatic heterocycles. The molecule has 90 valence electrons. The van der Waals surface area contributed by atoms with Gasteiger partial charge in [-0.2, -0.15) is 0 Å². The van der Waals surface area contributed by atoms with E-state index in [4.69, 9.17) is 11.6 Å². The van der Waals surface area contributed by atoms with Crippen molar-refractivity contribution in [3.63, 3.8) is 0 Å². The molecular formula is C14H16ClNO. The largest absolute Gasteiger partial charge is 0.340 e. The Bertz CT molecular complexity index is 456. The van der Waals surface area contributed by atoms with Gasteiger partial charge in [0.05, 0.1) is 0 Å². The maximum Gasteiger partial charge on any atom is 0.237 e. The van der Waals surface area contributed by atoms with Crippen LogP contribution in [0.15, 0.2) is 24.3 Å². The zero-order chi connectivity index (χ0) is 12.0. The van der Waals surface area contributed by atoms with Crippen LogP contribution in [0, 0.1) is 12.8 Å². The van der Waals surface area contributed by atoms with E-state index < -0.39 is 0 Å². The first-order valence-electron chi connectivity index (χ1n) is 6.06. The fourth-order valence-electron chi connectivity index (χ4n) is 3.09. The minimum atomic E-state index is 0.0744. The summed E-state index contributed by atoms with van der Waals surface area (Å²) in [6.07, 6.45) is 1.22. The lowest BCUT2D eigenvalue weighted by molar-refractivity contribution is -0.128. The molecule has 2 fully saturated rings. The molecule has 1 aromatic rings. The van der Waals surface area contributed by atoms with Crippen LogP contribution in [0.4, 0.5) is 0 Å². The maximum atomic E-state index is 11.6. The number of rotatable bonds is 2. The van der Waals surface area contributed by atoms with Crippen LogP contribution in [0.3, 0.4) is 0 Å². The van der Waals surface area contributed by atoms with Crippen molar-refractivity contribution in [2.75, 3.05) is 19.0 Å². The molecular weight excluding hydrogens is 234 g/mol. The van der Waals surface area contributed by atoms with E-state index in [0.29, 0.717) is 5.92 Å². The average Bonchev–Trinajstić information content (AvgIpc) is 2.92. The third kappa shape index (κ3) is 1.66. The molecule has 0 radical (unpaired) electrons. The van der Waals surface area contributed by atoms with Gasteiger partial charge in [0.25, 0.3) is 0 Å². The summed E-state index contributed by atoms with van der Waals surface area (Å²) in [4.78, 5) is 13.5. The van der Waals surface area contributed by atoms with Crippen LogP contribution < -0.4 is 0 Å². The minimum Gasteiger partial charge on any atom is -0.340 e. The number of amides is 1. The summed E-state index contributed by atoms with van der Waals surface area (Å²) in [6.45, 7) is 3.84. The lowest BCUT2D eigenvalue weighted by Gasteiger charge is -2.20. The zero-order valence-electron chi connectivity index (χ0n) is 9.95. The normalized spacial score (nSPS) is 30.2. The van der Waals surface area contributed by atoms with E-state index in [0.717, 1.165) is 13.1 Å². The highest BCUT2D eigenvalue weighted by Gasteiger charge is 2.61. The number of hydrogen-bond acceptors (Lipinski definition) is 1. The molecule has 2 nitrogen and oxygen atoms in total. The molecule has 0 unspecified atom stereocenters. The van der Waals surface area contributed by atoms with Gasteiger partial charge in [-0.25, -0.2) is 0 Å². The van der Waals surface area contributed by atoms with Gasteiger partial charge in [0.15, 0.2) is 0 Å². The Balaban J connectivity index is 1.82. The number of nitrogens with zero attached hydrogens (tertiary/aromatic N) is 1. The van der Waals surface area contributed by atoms with Crippen LogP contribution in [0.1, 0.15) is 17.5 Å². The summed E-state index contributed by atoms with van der Waals surface area (Å²) in [7, 11) is 0.